The minimum absolute atomic E-state index is 0.115. The van der Waals surface area contributed by atoms with Gasteiger partial charge in [0.2, 0.25) is 15.7 Å². The molecule has 1 aromatic carbocycles. The van der Waals surface area contributed by atoms with Crippen molar-refractivity contribution in [2.24, 2.45) is 11.1 Å². The molecule has 0 radical (unpaired) electrons. The second-order valence-electron chi connectivity index (χ2n) is 6.94. The average Bonchev–Trinajstić information content (AvgIpc) is 2.49. The van der Waals surface area contributed by atoms with Gasteiger partial charge in [-0.25, -0.2) is 8.42 Å². The van der Waals surface area contributed by atoms with E-state index in [-0.39, 0.29) is 17.5 Å². The van der Waals surface area contributed by atoms with Crippen LogP contribution in [0.1, 0.15) is 33.6 Å². The second kappa shape index (κ2) is 7.94. The van der Waals surface area contributed by atoms with Crippen LogP contribution in [0, 0.1) is 15.5 Å². The van der Waals surface area contributed by atoms with Crippen LogP contribution in [0.5, 0.6) is 0 Å². The molecular weight excluding hydrogens is 372 g/mol. The minimum Gasteiger partial charge on any atom is -0.368 e. The summed E-state index contributed by atoms with van der Waals surface area (Å²) in [6.45, 7) is 5.83. The number of halogens is 2. The number of sulfone groups is 1. The lowest BCUT2D eigenvalue weighted by Crippen LogP contribution is -2.36. The Labute approximate surface area is 149 Å². The van der Waals surface area contributed by atoms with Crippen LogP contribution in [-0.2, 0) is 14.6 Å². The first-order chi connectivity index (χ1) is 11.8. The highest BCUT2D eigenvalue weighted by Crippen LogP contribution is 2.31. The number of benzene rings is 1. The molecule has 0 aliphatic heterocycles. The number of rotatable bonds is 8. The highest BCUT2D eigenvalue weighted by molar-refractivity contribution is 7.91. The fourth-order valence-corrected chi connectivity index (χ4v) is 2.85. The molecule has 0 spiro atoms. The van der Waals surface area contributed by atoms with Gasteiger partial charge in [-0.05, 0) is 30.4 Å². The summed E-state index contributed by atoms with van der Waals surface area (Å²) in [7, 11) is -4.98. The number of carbonyl (C=O) groups is 1. The number of carbonyl (C=O) groups excluding carboxylic acids is 1. The predicted octanol–water partition coefficient (Wildman–Crippen LogP) is 2.68. The van der Waals surface area contributed by atoms with Crippen LogP contribution in [0.25, 0.3) is 0 Å². The van der Waals surface area contributed by atoms with Crippen molar-refractivity contribution in [1.29, 1.82) is 0 Å². The molecule has 8 nitrogen and oxygen atoms in total. The molecule has 11 heteroatoms. The molecule has 0 aromatic heterocycles. The Morgan fingerprint density at radius 1 is 1.35 bits per heavy atom. The van der Waals surface area contributed by atoms with Crippen LogP contribution in [0.4, 0.5) is 20.2 Å². The lowest BCUT2D eigenvalue weighted by Gasteiger charge is -2.22. The molecule has 0 bridgehead atoms. The lowest BCUT2D eigenvalue weighted by molar-refractivity contribution is -0.384. The Hall–Kier alpha value is -2.30. The van der Waals surface area contributed by atoms with Gasteiger partial charge >= 0.3 is 5.76 Å². The molecule has 1 atom stereocenters. The molecule has 3 N–H and O–H groups in total. The van der Waals surface area contributed by atoms with E-state index in [4.69, 9.17) is 5.73 Å². The molecule has 0 aliphatic rings. The maximum Gasteiger partial charge on any atom is 0.341 e. The number of hydrogen-bond acceptors (Lipinski definition) is 6. The summed E-state index contributed by atoms with van der Waals surface area (Å²) < 4.78 is 48.2. The molecule has 26 heavy (non-hydrogen) atoms. The zero-order valence-electron chi connectivity index (χ0n) is 14.5. The topological polar surface area (TPSA) is 132 Å². The smallest absolute Gasteiger partial charge is 0.341 e. The van der Waals surface area contributed by atoms with Crippen molar-refractivity contribution in [3.05, 3.63) is 28.3 Å². The highest BCUT2D eigenvalue weighted by atomic mass is 32.2. The number of nitrogens with zero attached hydrogens (tertiary/aromatic N) is 1. The van der Waals surface area contributed by atoms with E-state index in [1.807, 2.05) is 20.8 Å². The lowest BCUT2D eigenvalue weighted by atomic mass is 9.88. The van der Waals surface area contributed by atoms with E-state index in [9.17, 15) is 32.1 Å². The Balaban J connectivity index is 3.23. The number of nitro groups is 1. The molecule has 146 valence electrons. The first-order valence-corrected chi connectivity index (χ1v) is 9.16. The van der Waals surface area contributed by atoms with Crippen LogP contribution in [0.3, 0.4) is 0 Å². The second-order valence-corrected chi connectivity index (χ2v) is 8.86. The van der Waals surface area contributed by atoms with Gasteiger partial charge in [0.05, 0.1) is 9.82 Å². The fourth-order valence-electron chi connectivity index (χ4n) is 2.12. The van der Waals surface area contributed by atoms with Crippen molar-refractivity contribution in [3.63, 3.8) is 0 Å². The van der Waals surface area contributed by atoms with Crippen LogP contribution < -0.4 is 11.1 Å². The molecule has 0 heterocycles. The van der Waals surface area contributed by atoms with Crippen molar-refractivity contribution in [2.75, 3.05) is 5.32 Å². The standard InChI is InChI=1S/C15H21F2N3O5S/c1-15(2,3)7-6-11(13(18)21)19-10-5-4-9(8-12(10)20(22)23)26(24,25)14(16)17/h4-5,8,11,14,19H,6-7H2,1-3H3,(H2,18,21)/t11-/m1/s1. The molecule has 0 aliphatic carbocycles. The van der Waals surface area contributed by atoms with Gasteiger partial charge in [-0.2, -0.15) is 8.78 Å². The van der Waals surface area contributed by atoms with Crippen LogP contribution in [0.2, 0.25) is 0 Å². The number of hydrogen-bond donors (Lipinski definition) is 2. The first-order valence-electron chi connectivity index (χ1n) is 7.62. The Kier molecular flexibility index (Phi) is 6.64. The predicted molar refractivity (Wildman–Crippen MR) is 91.6 cm³/mol. The third kappa shape index (κ3) is 5.61. The van der Waals surface area contributed by atoms with E-state index in [1.165, 1.54) is 0 Å². The van der Waals surface area contributed by atoms with Gasteiger partial charge in [-0.3, -0.25) is 14.9 Å². The Morgan fingerprint density at radius 2 is 1.92 bits per heavy atom. The summed E-state index contributed by atoms with van der Waals surface area (Å²) in [5.41, 5.74) is 4.28. The van der Waals surface area contributed by atoms with Crippen molar-refractivity contribution in [1.82, 2.24) is 0 Å². The van der Waals surface area contributed by atoms with E-state index in [1.54, 1.807) is 0 Å². The summed E-state index contributed by atoms with van der Waals surface area (Å²) in [6.07, 6.45) is 0.867. The molecule has 1 amide bonds. The molecule has 0 unspecified atom stereocenters. The quantitative estimate of drug-likeness (QED) is 0.515. The summed E-state index contributed by atoms with van der Waals surface area (Å²) in [5, 5.41) is 13.8. The summed E-state index contributed by atoms with van der Waals surface area (Å²) in [5.74, 6) is -4.45. The van der Waals surface area contributed by atoms with Crippen molar-refractivity contribution in [2.45, 2.75) is 50.3 Å². The molecule has 1 rings (SSSR count). The minimum atomic E-state index is -4.98. The van der Waals surface area contributed by atoms with Crippen LogP contribution in [0.15, 0.2) is 23.1 Å². The SMILES string of the molecule is CC(C)(C)CC[C@@H](Nc1ccc(S(=O)(=O)C(F)F)cc1[N+](=O)[O-])C(N)=O. The number of nitrogens with one attached hydrogen (secondary N) is 1. The van der Waals surface area contributed by atoms with Gasteiger partial charge in [0.1, 0.15) is 11.7 Å². The van der Waals surface area contributed by atoms with E-state index in [0.29, 0.717) is 12.5 Å². The normalized spacial score (nSPS) is 13.5. The maximum atomic E-state index is 12.6. The molecule has 0 saturated heterocycles. The number of amides is 1. The van der Waals surface area contributed by atoms with Gasteiger partial charge in [0.15, 0.2) is 0 Å². The largest absolute Gasteiger partial charge is 0.368 e. The molecular formula is C15H21F2N3O5S. The average molecular weight is 393 g/mol. The zero-order valence-corrected chi connectivity index (χ0v) is 15.3. The zero-order chi connectivity index (χ0) is 20.3. The molecule has 1 aromatic rings. The Bertz CT molecular complexity index is 791. The summed E-state index contributed by atoms with van der Waals surface area (Å²) >= 11 is 0. The molecule has 0 saturated carbocycles. The Morgan fingerprint density at radius 3 is 2.35 bits per heavy atom. The van der Waals surface area contributed by atoms with Crippen LogP contribution in [-0.4, -0.2) is 31.0 Å². The van der Waals surface area contributed by atoms with Crippen molar-refractivity contribution < 1.29 is 26.9 Å². The van der Waals surface area contributed by atoms with Gasteiger partial charge in [0, 0.05) is 6.07 Å². The highest BCUT2D eigenvalue weighted by Gasteiger charge is 2.30. The van der Waals surface area contributed by atoms with E-state index in [0.717, 1.165) is 12.1 Å². The van der Waals surface area contributed by atoms with Gasteiger partial charge in [0.25, 0.3) is 5.69 Å². The number of nitro benzene ring substituents is 1. The first kappa shape index (κ1) is 21.7. The monoisotopic (exact) mass is 393 g/mol. The van der Waals surface area contributed by atoms with Gasteiger partial charge < -0.3 is 11.1 Å². The van der Waals surface area contributed by atoms with Crippen molar-refractivity contribution in [3.8, 4) is 0 Å². The number of alkyl halides is 2. The maximum absolute atomic E-state index is 12.6. The number of nitrogens with two attached hydrogens (primary N) is 1. The molecule has 0 fully saturated rings. The fraction of sp³-hybridized carbons (Fsp3) is 0.533. The summed E-state index contributed by atoms with van der Waals surface area (Å²) in [6, 6.07) is 1.38. The number of anilines is 1. The van der Waals surface area contributed by atoms with Crippen LogP contribution >= 0.6 is 0 Å². The van der Waals surface area contributed by atoms with Gasteiger partial charge in [-0.1, -0.05) is 20.8 Å². The van der Waals surface area contributed by atoms with E-state index < -0.39 is 43.0 Å². The summed E-state index contributed by atoms with van der Waals surface area (Å²) in [4.78, 5) is 21.0. The number of primary amides is 1. The van der Waals surface area contributed by atoms with E-state index >= 15 is 0 Å². The van der Waals surface area contributed by atoms with Gasteiger partial charge in [-0.15, -0.1) is 0 Å². The third-order valence-electron chi connectivity index (χ3n) is 3.59. The van der Waals surface area contributed by atoms with E-state index in [2.05, 4.69) is 5.32 Å². The van der Waals surface area contributed by atoms with Crippen molar-refractivity contribution >= 4 is 27.1 Å². The third-order valence-corrected chi connectivity index (χ3v) is 4.97.